The summed E-state index contributed by atoms with van der Waals surface area (Å²) in [6, 6.07) is 1.14. The Morgan fingerprint density at radius 2 is 2.17 bits per heavy atom. The van der Waals surface area contributed by atoms with Crippen molar-refractivity contribution in [3.05, 3.63) is 0 Å². The molecule has 1 amide bonds. The first kappa shape index (κ1) is 15.4. The van der Waals surface area contributed by atoms with Gasteiger partial charge in [-0.15, -0.1) is 0 Å². The minimum atomic E-state index is 0.170. The van der Waals surface area contributed by atoms with Crippen molar-refractivity contribution in [2.45, 2.75) is 52.1 Å². The lowest BCUT2D eigenvalue weighted by Crippen LogP contribution is -2.44. The lowest BCUT2D eigenvalue weighted by molar-refractivity contribution is -0.125. The average molecular weight is 255 g/mol. The van der Waals surface area contributed by atoms with Crippen LogP contribution in [0, 0.1) is 5.92 Å². The first-order valence-corrected chi connectivity index (χ1v) is 7.22. The minimum Gasteiger partial charge on any atom is -0.356 e. The number of hydrogen-bond acceptors (Lipinski definition) is 3. The molecule has 1 saturated heterocycles. The van der Waals surface area contributed by atoms with Gasteiger partial charge < -0.3 is 15.5 Å². The van der Waals surface area contributed by atoms with Crippen molar-refractivity contribution in [1.29, 1.82) is 0 Å². The second kappa shape index (κ2) is 7.74. The van der Waals surface area contributed by atoms with E-state index < -0.39 is 0 Å². The van der Waals surface area contributed by atoms with E-state index in [1.807, 2.05) is 0 Å². The van der Waals surface area contributed by atoms with E-state index in [1.54, 1.807) is 0 Å². The predicted molar refractivity (Wildman–Crippen MR) is 75.6 cm³/mol. The third-order valence-electron chi connectivity index (χ3n) is 3.90. The molecule has 0 bridgehead atoms. The van der Waals surface area contributed by atoms with Gasteiger partial charge in [0.05, 0.1) is 5.92 Å². The zero-order chi connectivity index (χ0) is 13.5. The lowest BCUT2D eigenvalue weighted by Gasteiger charge is -2.27. The van der Waals surface area contributed by atoms with Crippen molar-refractivity contribution in [3.8, 4) is 0 Å². The third-order valence-corrected chi connectivity index (χ3v) is 3.90. The molecular weight excluding hydrogens is 226 g/mol. The van der Waals surface area contributed by atoms with Crippen LogP contribution in [-0.2, 0) is 4.79 Å². The summed E-state index contributed by atoms with van der Waals surface area (Å²) >= 11 is 0. The van der Waals surface area contributed by atoms with Crippen LogP contribution in [0.5, 0.6) is 0 Å². The summed E-state index contributed by atoms with van der Waals surface area (Å²) in [4.78, 5) is 14.2. The molecule has 1 fully saturated rings. The van der Waals surface area contributed by atoms with Crippen LogP contribution in [0.2, 0.25) is 0 Å². The number of rotatable bonds is 6. The highest BCUT2D eigenvalue weighted by molar-refractivity contribution is 5.78. The normalized spacial score (nSPS) is 24.6. The second-order valence-corrected chi connectivity index (χ2v) is 5.80. The van der Waals surface area contributed by atoms with Crippen molar-refractivity contribution in [1.82, 2.24) is 15.5 Å². The summed E-state index contributed by atoms with van der Waals surface area (Å²) in [5.74, 6) is 0.394. The Morgan fingerprint density at radius 1 is 1.44 bits per heavy atom. The number of hydrogen-bond donors (Lipinski definition) is 2. The molecule has 2 atom stereocenters. The summed E-state index contributed by atoms with van der Waals surface area (Å²) in [7, 11) is 2.12. The van der Waals surface area contributed by atoms with Gasteiger partial charge in [0.15, 0.2) is 0 Å². The van der Waals surface area contributed by atoms with E-state index in [1.165, 1.54) is 0 Å². The van der Waals surface area contributed by atoms with Crippen LogP contribution >= 0.6 is 0 Å². The zero-order valence-electron chi connectivity index (χ0n) is 12.3. The summed E-state index contributed by atoms with van der Waals surface area (Å²) < 4.78 is 0. The Bertz CT molecular complexity index is 247. The molecule has 0 spiro atoms. The molecule has 0 aliphatic carbocycles. The maximum atomic E-state index is 11.9. The molecule has 2 N–H and O–H groups in total. The lowest BCUT2D eigenvalue weighted by atomic mass is 9.95. The molecule has 18 heavy (non-hydrogen) atoms. The van der Waals surface area contributed by atoms with Crippen LogP contribution in [0.1, 0.15) is 40.0 Å². The van der Waals surface area contributed by atoms with Crippen molar-refractivity contribution in [2.75, 3.05) is 26.7 Å². The largest absolute Gasteiger partial charge is 0.356 e. The molecule has 1 heterocycles. The van der Waals surface area contributed by atoms with E-state index in [9.17, 15) is 4.79 Å². The summed E-state index contributed by atoms with van der Waals surface area (Å²) in [5, 5.41) is 6.42. The molecule has 0 aromatic rings. The van der Waals surface area contributed by atoms with E-state index >= 15 is 0 Å². The van der Waals surface area contributed by atoms with Gasteiger partial charge in [0.2, 0.25) is 5.91 Å². The fourth-order valence-corrected chi connectivity index (χ4v) is 2.17. The molecule has 1 rings (SSSR count). The number of carbonyl (C=O) groups is 1. The highest BCUT2D eigenvalue weighted by Gasteiger charge is 2.23. The topological polar surface area (TPSA) is 44.4 Å². The molecule has 0 saturated carbocycles. The number of carbonyl (C=O) groups excluding carboxylic acids is 1. The average Bonchev–Trinajstić information content (AvgIpc) is 2.34. The first-order chi connectivity index (χ1) is 8.50. The first-order valence-electron chi connectivity index (χ1n) is 7.22. The number of nitrogens with one attached hydrogen (secondary N) is 2. The summed E-state index contributed by atoms with van der Waals surface area (Å²) in [6.07, 6.45) is 3.15. The van der Waals surface area contributed by atoms with Crippen LogP contribution in [0.4, 0.5) is 0 Å². The van der Waals surface area contributed by atoms with Gasteiger partial charge in [0.25, 0.3) is 0 Å². The monoisotopic (exact) mass is 255 g/mol. The summed E-state index contributed by atoms with van der Waals surface area (Å²) in [5.41, 5.74) is 0. The standard InChI is InChI=1S/C14H29N3O/c1-11(2)17(4)9-5-8-15-14(18)13-7-6-12(3)16-10-13/h11-13,16H,5-10H2,1-4H3,(H,15,18). The van der Waals surface area contributed by atoms with Crippen LogP contribution < -0.4 is 10.6 Å². The van der Waals surface area contributed by atoms with E-state index in [4.69, 9.17) is 0 Å². The maximum absolute atomic E-state index is 11.9. The maximum Gasteiger partial charge on any atom is 0.224 e. The number of amides is 1. The number of nitrogens with zero attached hydrogens (tertiary/aromatic N) is 1. The smallest absolute Gasteiger partial charge is 0.224 e. The summed E-state index contributed by atoms with van der Waals surface area (Å²) in [6.45, 7) is 9.22. The Morgan fingerprint density at radius 3 is 2.72 bits per heavy atom. The predicted octanol–water partition coefficient (Wildman–Crippen LogP) is 1.22. The van der Waals surface area contributed by atoms with Crippen molar-refractivity contribution < 1.29 is 4.79 Å². The van der Waals surface area contributed by atoms with Gasteiger partial charge in [-0.05, 0) is 53.6 Å². The molecule has 4 heteroatoms. The molecule has 0 aromatic carbocycles. The number of piperidine rings is 1. The highest BCUT2D eigenvalue weighted by Crippen LogP contribution is 2.13. The van der Waals surface area contributed by atoms with Crippen LogP contribution in [0.25, 0.3) is 0 Å². The Kier molecular flexibility index (Phi) is 6.65. The Labute approximate surface area is 111 Å². The molecule has 0 aromatic heterocycles. The van der Waals surface area contributed by atoms with Crippen LogP contribution in [0.15, 0.2) is 0 Å². The van der Waals surface area contributed by atoms with E-state index in [0.717, 1.165) is 38.9 Å². The van der Waals surface area contributed by atoms with Gasteiger partial charge in [-0.2, -0.15) is 0 Å². The van der Waals surface area contributed by atoms with Gasteiger partial charge in [-0.25, -0.2) is 0 Å². The van der Waals surface area contributed by atoms with Crippen molar-refractivity contribution in [2.24, 2.45) is 5.92 Å². The fourth-order valence-electron chi connectivity index (χ4n) is 2.17. The fraction of sp³-hybridized carbons (Fsp3) is 0.929. The van der Waals surface area contributed by atoms with Crippen molar-refractivity contribution >= 4 is 5.91 Å². The van der Waals surface area contributed by atoms with Gasteiger partial charge >= 0.3 is 0 Å². The molecule has 0 radical (unpaired) electrons. The third kappa shape index (κ3) is 5.36. The zero-order valence-corrected chi connectivity index (χ0v) is 12.3. The second-order valence-electron chi connectivity index (χ2n) is 5.80. The molecule has 1 aliphatic heterocycles. The molecular formula is C14H29N3O. The van der Waals surface area contributed by atoms with Gasteiger partial charge in [-0.1, -0.05) is 0 Å². The quantitative estimate of drug-likeness (QED) is 0.702. The highest BCUT2D eigenvalue weighted by atomic mass is 16.1. The molecule has 4 nitrogen and oxygen atoms in total. The van der Waals surface area contributed by atoms with Crippen molar-refractivity contribution in [3.63, 3.8) is 0 Å². The molecule has 1 aliphatic rings. The Balaban J connectivity index is 2.10. The Hall–Kier alpha value is -0.610. The SMILES string of the molecule is CC1CCC(C(=O)NCCCN(C)C(C)C)CN1. The van der Waals surface area contributed by atoms with Gasteiger partial charge in [0.1, 0.15) is 0 Å². The van der Waals surface area contributed by atoms with E-state index in [-0.39, 0.29) is 11.8 Å². The minimum absolute atomic E-state index is 0.170. The van der Waals surface area contributed by atoms with Crippen LogP contribution in [-0.4, -0.2) is 49.6 Å². The van der Waals surface area contributed by atoms with E-state index in [0.29, 0.717) is 12.1 Å². The van der Waals surface area contributed by atoms with Gasteiger partial charge in [-0.3, -0.25) is 4.79 Å². The van der Waals surface area contributed by atoms with Crippen LogP contribution in [0.3, 0.4) is 0 Å². The van der Waals surface area contributed by atoms with Gasteiger partial charge in [0, 0.05) is 25.2 Å². The van der Waals surface area contributed by atoms with E-state index in [2.05, 4.69) is 43.4 Å². The molecule has 106 valence electrons. The molecule has 2 unspecified atom stereocenters.